The molecule has 0 aromatic carbocycles. The molecule has 0 amide bonds. The van der Waals surface area contributed by atoms with Crippen molar-refractivity contribution in [2.75, 3.05) is 25.4 Å². The van der Waals surface area contributed by atoms with Crippen molar-refractivity contribution < 1.29 is 8.42 Å². The van der Waals surface area contributed by atoms with E-state index in [-0.39, 0.29) is 11.8 Å². The second-order valence-electron chi connectivity index (χ2n) is 5.05. The van der Waals surface area contributed by atoms with E-state index in [1.165, 1.54) is 18.4 Å². The molecule has 5 heteroatoms. The Kier molecular flexibility index (Phi) is 4.22. The standard InChI is InChI=1S/C12H22N2O2S/c1-2-6-14-7-3-11(4-8-14)13-12-5-9-17(15,16)10-12/h5,9,11-13H,2-4,6-8,10H2,1H3. The highest BCUT2D eigenvalue weighted by Crippen LogP contribution is 2.14. The molecule has 0 aromatic rings. The van der Waals surface area contributed by atoms with Crippen LogP contribution in [0.1, 0.15) is 26.2 Å². The highest BCUT2D eigenvalue weighted by molar-refractivity contribution is 7.94. The van der Waals surface area contributed by atoms with Gasteiger partial charge in [0.05, 0.1) is 5.75 Å². The van der Waals surface area contributed by atoms with E-state index in [4.69, 9.17) is 0 Å². The smallest absolute Gasteiger partial charge is 0.173 e. The van der Waals surface area contributed by atoms with Crippen LogP contribution in [0.2, 0.25) is 0 Å². The minimum atomic E-state index is -2.92. The van der Waals surface area contributed by atoms with Gasteiger partial charge in [-0.1, -0.05) is 13.0 Å². The Labute approximate surface area is 104 Å². The molecule has 2 aliphatic rings. The van der Waals surface area contributed by atoms with Gasteiger partial charge in [-0.2, -0.15) is 0 Å². The van der Waals surface area contributed by atoms with Crippen molar-refractivity contribution in [1.29, 1.82) is 0 Å². The summed E-state index contributed by atoms with van der Waals surface area (Å²) in [6.45, 7) is 5.66. The first-order valence-corrected chi connectivity index (χ1v) is 8.20. The predicted octanol–water partition coefficient (Wildman–Crippen LogP) is 0.761. The zero-order valence-corrected chi connectivity index (χ0v) is 11.2. The van der Waals surface area contributed by atoms with Gasteiger partial charge in [-0.15, -0.1) is 0 Å². The molecule has 1 atom stereocenters. The highest BCUT2D eigenvalue weighted by atomic mass is 32.2. The van der Waals surface area contributed by atoms with Gasteiger partial charge in [0.1, 0.15) is 0 Å². The first-order valence-electron chi connectivity index (χ1n) is 6.48. The predicted molar refractivity (Wildman–Crippen MR) is 69.6 cm³/mol. The van der Waals surface area contributed by atoms with Crippen LogP contribution in [0.15, 0.2) is 11.5 Å². The lowest BCUT2D eigenvalue weighted by molar-refractivity contribution is 0.196. The summed E-state index contributed by atoms with van der Waals surface area (Å²) in [5.41, 5.74) is 0. The molecule has 2 heterocycles. The zero-order valence-electron chi connectivity index (χ0n) is 10.4. The monoisotopic (exact) mass is 258 g/mol. The molecule has 0 saturated carbocycles. The molecular weight excluding hydrogens is 236 g/mol. The number of nitrogens with one attached hydrogen (secondary N) is 1. The summed E-state index contributed by atoms with van der Waals surface area (Å²) < 4.78 is 22.6. The first kappa shape index (κ1) is 13.1. The SMILES string of the molecule is CCCN1CCC(NC2C=CS(=O)(=O)C2)CC1. The Balaban J connectivity index is 1.74. The van der Waals surface area contributed by atoms with Gasteiger partial charge in [0, 0.05) is 17.5 Å². The Morgan fingerprint density at radius 1 is 1.35 bits per heavy atom. The van der Waals surface area contributed by atoms with E-state index in [1.807, 2.05) is 0 Å². The normalized spacial score (nSPS) is 29.8. The molecule has 0 bridgehead atoms. The number of nitrogens with zero attached hydrogens (tertiary/aromatic N) is 1. The minimum Gasteiger partial charge on any atom is -0.307 e. The van der Waals surface area contributed by atoms with Gasteiger partial charge in [-0.25, -0.2) is 8.42 Å². The van der Waals surface area contributed by atoms with E-state index >= 15 is 0 Å². The van der Waals surface area contributed by atoms with Crippen molar-refractivity contribution in [3.05, 3.63) is 11.5 Å². The third-order valence-electron chi connectivity index (χ3n) is 3.51. The molecule has 0 aliphatic carbocycles. The van der Waals surface area contributed by atoms with Crippen molar-refractivity contribution in [3.8, 4) is 0 Å². The highest BCUT2D eigenvalue weighted by Gasteiger charge is 2.25. The lowest BCUT2D eigenvalue weighted by atomic mass is 10.0. The molecule has 0 radical (unpaired) electrons. The molecule has 0 spiro atoms. The van der Waals surface area contributed by atoms with Crippen molar-refractivity contribution in [3.63, 3.8) is 0 Å². The molecule has 2 rings (SSSR count). The molecule has 0 aromatic heterocycles. The van der Waals surface area contributed by atoms with Gasteiger partial charge < -0.3 is 10.2 Å². The lowest BCUT2D eigenvalue weighted by Gasteiger charge is -2.33. The van der Waals surface area contributed by atoms with Crippen LogP contribution in [0.5, 0.6) is 0 Å². The molecule has 4 nitrogen and oxygen atoms in total. The fourth-order valence-electron chi connectivity index (χ4n) is 2.62. The summed E-state index contributed by atoms with van der Waals surface area (Å²) in [6.07, 6.45) is 5.25. The summed E-state index contributed by atoms with van der Waals surface area (Å²) in [4.78, 5) is 2.49. The Hall–Kier alpha value is -0.390. The Morgan fingerprint density at radius 2 is 2.06 bits per heavy atom. The second kappa shape index (κ2) is 5.50. The molecule has 17 heavy (non-hydrogen) atoms. The first-order chi connectivity index (χ1) is 8.09. The summed E-state index contributed by atoms with van der Waals surface area (Å²) in [7, 11) is -2.92. The van der Waals surface area contributed by atoms with Gasteiger partial charge in [-0.05, 0) is 38.9 Å². The number of likely N-dealkylation sites (tertiary alicyclic amines) is 1. The van der Waals surface area contributed by atoms with Crippen LogP contribution in [0.3, 0.4) is 0 Å². The van der Waals surface area contributed by atoms with Crippen LogP contribution in [-0.4, -0.2) is 50.8 Å². The number of rotatable bonds is 4. The third-order valence-corrected chi connectivity index (χ3v) is 4.90. The van der Waals surface area contributed by atoms with Crippen LogP contribution in [0.25, 0.3) is 0 Å². The van der Waals surface area contributed by atoms with Crippen LogP contribution in [-0.2, 0) is 9.84 Å². The molecule has 1 N–H and O–H groups in total. The Morgan fingerprint density at radius 3 is 2.59 bits per heavy atom. The van der Waals surface area contributed by atoms with Gasteiger partial charge in [0.15, 0.2) is 9.84 Å². The van der Waals surface area contributed by atoms with Crippen molar-refractivity contribution in [1.82, 2.24) is 10.2 Å². The largest absolute Gasteiger partial charge is 0.307 e. The quantitative estimate of drug-likeness (QED) is 0.809. The van der Waals surface area contributed by atoms with Gasteiger partial charge in [-0.3, -0.25) is 0 Å². The van der Waals surface area contributed by atoms with Crippen LogP contribution >= 0.6 is 0 Å². The van der Waals surface area contributed by atoms with Crippen molar-refractivity contribution >= 4 is 9.84 Å². The van der Waals surface area contributed by atoms with Crippen LogP contribution < -0.4 is 5.32 Å². The summed E-state index contributed by atoms with van der Waals surface area (Å²) in [6, 6.07) is 0.508. The van der Waals surface area contributed by atoms with Gasteiger partial charge in [0.2, 0.25) is 0 Å². The number of hydrogen-bond donors (Lipinski definition) is 1. The molecule has 1 unspecified atom stereocenters. The maximum absolute atomic E-state index is 11.3. The average molecular weight is 258 g/mol. The number of piperidine rings is 1. The minimum absolute atomic E-state index is 0.0303. The van der Waals surface area contributed by atoms with Crippen molar-refractivity contribution in [2.45, 2.75) is 38.3 Å². The summed E-state index contributed by atoms with van der Waals surface area (Å²) in [5, 5.41) is 4.79. The maximum Gasteiger partial charge on any atom is 0.173 e. The molecular formula is C12H22N2O2S. The van der Waals surface area contributed by atoms with Crippen LogP contribution in [0.4, 0.5) is 0 Å². The summed E-state index contributed by atoms with van der Waals surface area (Å²) in [5.74, 6) is 0.238. The number of hydrogen-bond acceptors (Lipinski definition) is 4. The van der Waals surface area contributed by atoms with E-state index in [0.717, 1.165) is 25.9 Å². The summed E-state index contributed by atoms with van der Waals surface area (Å²) >= 11 is 0. The average Bonchev–Trinajstić information content (AvgIpc) is 2.61. The fourth-order valence-corrected chi connectivity index (χ4v) is 3.87. The Bertz CT molecular complexity index is 370. The number of sulfone groups is 1. The van der Waals surface area contributed by atoms with E-state index in [9.17, 15) is 8.42 Å². The van der Waals surface area contributed by atoms with Crippen molar-refractivity contribution in [2.24, 2.45) is 0 Å². The van der Waals surface area contributed by atoms with E-state index in [1.54, 1.807) is 6.08 Å². The van der Waals surface area contributed by atoms with E-state index < -0.39 is 9.84 Å². The third kappa shape index (κ3) is 3.79. The maximum atomic E-state index is 11.3. The molecule has 98 valence electrons. The van der Waals surface area contributed by atoms with E-state index in [2.05, 4.69) is 17.1 Å². The topological polar surface area (TPSA) is 49.4 Å². The second-order valence-corrected chi connectivity index (χ2v) is 6.98. The molecule has 1 saturated heterocycles. The lowest BCUT2D eigenvalue weighted by Crippen LogP contribution is -2.46. The van der Waals surface area contributed by atoms with Gasteiger partial charge >= 0.3 is 0 Å². The molecule has 2 aliphatic heterocycles. The molecule has 1 fully saturated rings. The zero-order chi connectivity index (χ0) is 12.3. The van der Waals surface area contributed by atoms with Crippen LogP contribution in [0, 0.1) is 0 Å². The van der Waals surface area contributed by atoms with Gasteiger partial charge in [0.25, 0.3) is 0 Å². The van der Waals surface area contributed by atoms with E-state index in [0.29, 0.717) is 6.04 Å². The fraction of sp³-hybridized carbons (Fsp3) is 0.833.